The first-order chi connectivity index (χ1) is 15.3. The van der Waals surface area contributed by atoms with E-state index < -0.39 is 29.7 Å². The number of nitrogens with two attached hydrogens (primary N) is 1. The summed E-state index contributed by atoms with van der Waals surface area (Å²) in [6.45, 7) is 1.08. The van der Waals surface area contributed by atoms with Gasteiger partial charge in [-0.25, -0.2) is 14.6 Å². The van der Waals surface area contributed by atoms with Crippen LogP contribution in [0.4, 0.5) is 11.5 Å². The van der Waals surface area contributed by atoms with Crippen molar-refractivity contribution in [3.8, 4) is 0 Å². The highest BCUT2D eigenvalue weighted by Gasteiger charge is 2.24. The molecule has 3 aromatic rings. The second-order valence-corrected chi connectivity index (χ2v) is 6.98. The summed E-state index contributed by atoms with van der Waals surface area (Å²) < 4.78 is 6.18. The lowest BCUT2D eigenvalue weighted by Gasteiger charge is -2.23. The van der Waals surface area contributed by atoms with E-state index in [4.69, 9.17) is 22.1 Å². The van der Waals surface area contributed by atoms with Crippen molar-refractivity contribution in [1.29, 1.82) is 0 Å². The number of anilines is 2. The van der Waals surface area contributed by atoms with Gasteiger partial charge in [-0.15, -0.1) is 0 Å². The van der Waals surface area contributed by atoms with Crippen molar-refractivity contribution in [1.82, 2.24) is 14.5 Å². The molecule has 1 amide bonds. The number of benzene rings is 1. The number of nitrogens with zero attached hydrogens (tertiary/aromatic N) is 3. The van der Waals surface area contributed by atoms with Crippen LogP contribution in [0.15, 0.2) is 58.3 Å². The molecule has 32 heavy (non-hydrogen) atoms. The number of esters is 1. The van der Waals surface area contributed by atoms with E-state index >= 15 is 0 Å². The van der Waals surface area contributed by atoms with E-state index in [0.717, 1.165) is 15.0 Å². The summed E-state index contributed by atoms with van der Waals surface area (Å²) in [5.41, 5.74) is 5.16. The van der Waals surface area contributed by atoms with Crippen molar-refractivity contribution >= 4 is 35.0 Å². The molecule has 0 atom stereocenters. The normalized spacial score (nSPS) is 10.6. The minimum Gasteiger partial charge on any atom is -0.452 e. The van der Waals surface area contributed by atoms with Crippen molar-refractivity contribution in [3.05, 3.63) is 85.8 Å². The maximum absolute atomic E-state index is 12.8. The van der Waals surface area contributed by atoms with Crippen LogP contribution in [-0.2, 0) is 16.1 Å². The van der Waals surface area contributed by atoms with E-state index in [1.54, 1.807) is 31.2 Å². The van der Waals surface area contributed by atoms with Gasteiger partial charge in [-0.1, -0.05) is 41.9 Å². The van der Waals surface area contributed by atoms with Crippen molar-refractivity contribution < 1.29 is 14.3 Å². The van der Waals surface area contributed by atoms with Crippen LogP contribution in [0.2, 0.25) is 5.15 Å². The summed E-state index contributed by atoms with van der Waals surface area (Å²) in [6, 6.07) is 11.9. The predicted molar refractivity (Wildman–Crippen MR) is 119 cm³/mol. The van der Waals surface area contributed by atoms with Gasteiger partial charge < -0.3 is 15.4 Å². The highest BCUT2D eigenvalue weighted by molar-refractivity contribution is 6.32. The number of aromatic nitrogens is 3. The standard InChI is InChI=1S/C21H20ClN5O5/c1-2-26(15(28)12-32-20(30)14-9-6-10-24-17(14)22)16-18(23)27(21(31)25-19(16)29)11-13-7-4-3-5-8-13/h3-10H,2,11-12,23H2,1H3,(H,25,29,31). The highest BCUT2D eigenvalue weighted by atomic mass is 35.5. The maximum atomic E-state index is 12.8. The molecular formula is C21H20ClN5O5. The number of carbonyl (C=O) groups is 2. The summed E-state index contributed by atoms with van der Waals surface area (Å²) >= 11 is 5.86. The first-order valence-electron chi connectivity index (χ1n) is 9.58. The molecule has 0 unspecified atom stereocenters. The molecule has 2 heterocycles. The molecule has 3 N–H and O–H groups in total. The lowest BCUT2D eigenvalue weighted by Crippen LogP contribution is -2.42. The van der Waals surface area contributed by atoms with E-state index in [0.29, 0.717) is 0 Å². The third-order valence-electron chi connectivity index (χ3n) is 4.59. The predicted octanol–water partition coefficient (Wildman–Crippen LogP) is 1.43. The number of amides is 1. The molecule has 0 spiro atoms. The van der Waals surface area contributed by atoms with Gasteiger partial charge in [-0.05, 0) is 24.6 Å². The zero-order valence-corrected chi connectivity index (χ0v) is 17.8. The molecule has 10 nitrogen and oxygen atoms in total. The number of hydrogen-bond donors (Lipinski definition) is 2. The zero-order valence-electron chi connectivity index (χ0n) is 17.1. The maximum Gasteiger partial charge on any atom is 0.341 e. The van der Waals surface area contributed by atoms with Crippen molar-refractivity contribution in [2.75, 3.05) is 23.8 Å². The fourth-order valence-corrected chi connectivity index (χ4v) is 3.24. The molecule has 0 aliphatic rings. The largest absolute Gasteiger partial charge is 0.452 e. The van der Waals surface area contributed by atoms with Crippen molar-refractivity contribution in [2.24, 2.45) is 0 Å². The van der Waals surface area contributed by atoms with E-state index in [9.17, 15) is 19.2 Å². The summed E-state index contributed by atoms with van der Waals surface area (Å²) in [6.07, 6.45) is 1.41. The van der Waals surface area contributed by atoms with Crippen molar-refractivity contribution in [3.63, 3.8) is 0 Å². The Labute approximate surface area is 187 Å². The third kappa shape index (κ3) is 4.86. The number of nitrogen functional groups attached to an aromatic ring is 1. The Bertz CT molecular complexity index is 1260. The molecule has 2 aromatic heterocycles. The Morgan fingerprint density at radius 2 is 1.91 bits per heavy atom. The number of halogens is 1. The van der Waals surface area contributed by atoms with Gasteiger partial charge in [0.15, 0.2) is 12.3 Å². The van der Waals surface area contributed by atoms with E-state index in [-0.39, 0.29) is 35.3 Å². The molecule has 0 bridgehead atoms. The summed E-state index contributed by atoms with van der Waals surface area (Å²) in [5, 5.41) is -0.0639. The van der Waals surface area contributed by atoms with E-state index in [2.05, 4.69) is 9.97 Å². The molecule has 0 fully saturated rings. The lowest BCUT2D eigenvalue weighted by molar-refractivity contribution is -0.121. The van der Waals surface area contributed by atoms with E-state index in [1.807, 2.05) is 6.07 Å². The third-order valence-corrected chi connectivity index (χ3v) is 4.89. The van der Waals surface area contributed by atoms with E-state index in [1.165, 1.54) is 18.3 Å². The first-order valence-corrected chi connectivity index (χ1v) is 9.95. The van der Waals surface area contributed by atoms with Crippen LogP contribution in [0.25, 0.3) is 0 Å². The van der Waals surface area contributed by atoms with Crippen LogP contribution in [0.1, 0.15) is 22.8 Å². The number of hydrogen-bond acceptors (Lipinski definition) is 7. The molecule has 0 aliphatic heterocycles. The molecule has 0 aliphatic carbocycles. The molecule has 0 radical (unpaired) electrons. The number of rotatable bonds is 7. The molecule has 11 heteroatoms. The second kappa shape index (κ2) is 9.92. The fraction of sp³-hybridized carbons (Fsp3) is 0.190. The quantitative estimate of drug-likeness (QED) is 0.404. The van der Waals surface area contributed by atoms with Crippen LogP contribution in [-0.4, -0.2) is 39.6 Å². The number of likely N-dealkylation sites (N-methyl/N-ethyl adjacent to an activating group) is 1. The van der Waals surface area contributed by atoms with Gasteiger partial charge in [-0.3, -0.25) is 19.1 Å². The SMILES string of the molecule is CCN(C(=O)COC(=O)c1cccnc1Cl)c1c(N)n(Cc2ccccc2)c(=O)[nH]c1=O. The molecule has 166 valence electrons. The summed E-state index contributed by atoms with van der Waals surface area (Å²) in [7, 11) is 0. The van der Waals surface area contributed by atoms with Gasteiger partial charge in [0, 0.05) is 12.7 Å². The van der Waals surface area contributed by atoms with Crippen LogP contribution < -0.4 is 21.9 Å². The number of ether oxygens (including phenoxy) is 1. The number of nitrogens with one attached hydrogen (secondary N) is 1. The minimum absolute atomic E-state index is 0.00112. The van der Waals surface area contributed by atoms with Gasteiger partial charge in [0.1, 0.15) is 11.0 Å². The fourth-order valence-electron chi connectivity index (χ4n) is 3.04. The molecule has 0 saturated heterocycles. The topological polar surface area (TPSA) is 140 Å². The van der Waals surface area contributed by atoms with Gasteiger partial charge >= 0.3 is 11.7 Å². The Balaban J connectivity index is 1.86. The summed E-state index contributed by atoms with van der Waals surface area (Å²) in [4.78, 5) is 56.8. The van der Waals surface area contributed by atoms with Gasteiger partial charge in [0.05, 0.1) is 12.1 Å². The lowest BCUT2D eigenvalue weighted by atomic mass is 10.2. The van der Waals surface area contributed by atoms with Crippen molar-refractivity contribution in [2.45, 2.75) is 13.5 Å². The molecule has 1 aromatic carbocycles. The Morgan fingerprint density at radius 3 is 2.56 bits per heavy atom. The Hall–Kier alpha value is -3.92. The summed E-state index contributed by atoms with van der Waals surface area (Å²) in [5.74, 6) is -1.73. The molecule has 0 saturated carbocycles. The number of aromatic amines is 1. The number of carbonyl (C=O) groups excluding carboxylic acids is 2. The zero-order chi connectivity index (χ0) is 23.3. The van der Waals surface area contributed by atoms with Crippen LogP contribution >= 0.6 is 11.6 Å². The van der Waals surface area contributed by atoms with Gasteiger partial charge in [-0.2, -0.15) is 0 Å². The molecule has 3 rings (SSSR count). The average Bonchev–Trinajstić information content (AvgIpc) is 2.78. The highest BCUT2D eigenvalue weighted by Crippen LogP contribution is 2.18. The average molecular weight is 458 g/mol. The van der Waals surface area contributed by atoms with Gasteiger partial charge in [0.2, 0.25) is 0 Å². The van der Waals surface area contributed by atoms with Crippen LogP contribution in [0, 0.1) is 0 Å². The first kappa shape index (κ1) is 22.8. The second-order valence-electron chi connectivity index (χ2n) is 6.62. The number of pyridine rings is 1. The number of H-pyrrole nitrogens is 1. The Morgan fingerprint density at radius 1 is 1.19 bits per heavy atom. The minimum atomic E-state index is -0.844. The van der Waals surface area contributed by atoms with Crippen LogP contribution in [0.5, 0.6) is 0 Å². The smallest absolute Gasteiger partial charge is 0.341 e. The van der Waals surface area contributed by atoms with Crippen LogP contribution in [0.3, 0.4) is 0 Å². The monoisotopic (exact) mass is 457 g/mol. The Kier molecular flexibility index (Phi) is 7.06. The molecular weight excluding hydrogens is 438 g/mol. The van der Waals surface area contributed by atoms with Gasteiger partial charge in [0.25, 0.3) is 11.5 Å².